The van der Waals surface area contributed by atoms with Gasteiger partial charge in [0.25, 0.3) is 0 Å². The first-order valence-corrected chi connectivity index (χ1v) is 6.37. The van der Waals surface area contributed by atoms with Crippen molar-refractivity contribution < 1.29 is 4.79 Å². The smallest absolute Gasteiger partial charge is 0.199 e. The van der Waals surface area contributed by atoms with E-state index >= 15 is 0 Å². The fourth-order valence-electron chi connectivity index (χ4n) is 1.49. The quantitative estimate of drug-likeness (QED) is 0.463. The Bertz CT molecular complexity index is 529. The highest BCUT2D eigenvalue weighted by molar-refractivity contribution is 14.1. The van der Waals surface area contributed by atoms with Crippen molar-refractivity contribution in [3.8, 4) is 0 Å². The number of allylic oxidation sites excluding steroid dienone is 1. The largest absolute Gasteiger partial charge is 0.288 e. The number of rotatable bonds is 3. The lowest BCUT2D eigenvalue weighted by Gasteiger charge is -1.99. The minimum absolute atomic E-state index is 0.0649. The number of ketones is 1. The zero-order valence-electron chi connectivity index (χ0n) is 9.14. The van der Waals surface area contributed by atoms with E-state index in [0.717, 1.165) is 14.7 Å². The summed E-state index contributed by atoms with van der Waals surface area (Å²) in [6, 6.07) is 19.2. The molecular formula is C15H11IO. The lowest BCUT2D eigenvalue weighted by Crippen LogP contribution is -1.97. The lowest BCUT2D eigenvalue weighted by atomic mass is 10.1. The summed E-state index contributed by atoms with van der Waals surface area (Å²) in [6.45, 7) is 0. The molecule has 0 saturated carbocycles. The van der Waals surface area contributed by atoms with Crippen LogP contribution in [-0.4, -0.2) is 5.78 Å². The van der Waals surface area contributed by atoms with Gasteiger partial charge in [0.05, 0.1) is 3.58 Å². The topological polar surface area (TPSA) is 17.1 Å². The summed E-state index contributed by atoms with van der Waals surface area (Å²) in [6.07, 6.45) is 1.90. The molecule has 0 aromatic heterocycles. The lowest BCUT2D eigenvalue weighted by molar-refractivity contribution is 0.104. The Kier molecular flexibility index (Phi) is 4.09. The van der Waals surface area contributed by atoms with E-state index < -0.39 is 0 Å². The molecule has 2 aromatic rings. The molecule has 0 aliphatic rings. The molecule has 0 bridgehead atoms. The van der Waals surface area contributed by atoms with Crippen molar-refractivity contribution in [2.75, 3.05) is 0 Å². The minimum Gasteiger partial charge on any atom is -0.288 e. The Labute approximate surface area is 114 Å². The standard InChI is InChI=1S/C15H11IO/c16-14(11-12-7-3-1-4-8-12)15(17)13-9-5-2-6-10-13/h1-11H/b14-11+. The summed E-state index contributed by atoms with van der Waals surface area (Å²) >= 11 is 2.09. The Morgan fingerprint density at radius 2 is 1.41 bits per heavy atom. The molecule has 0 amide bonds. The molecule has 2 aromatic carbocycles. The zero-order valence-corrected chi connectivity index (χ0v) is 11.3. The van der Waals surface area contributed by atoms with E-state index in [0.29, 0.717) is 0 Å². The first-order valence-electron chi connectivity index (χ1n) is 5.29. The molecule has 0 saturated heterocycles. The van der Waals surface area contributed by atoms with Gasteiger partial charge in [-0.2, -0.15) is 0 Å². The van der Waals surface area contributed by atoms with Crippen molar-refractivity contribution in [2.24, 2.45) is 0 Å². The number of halogens is 1. The molecule has 2 heteroatoms. The second-order valence-corrected chi connectivity index (χ2v) is 4.76. The van der Waals surface area contributed by atoms with Crippen LogP contribution in [0.15, 0.2) is 64.2 Å². The third-order valence-corrected chi connectivity index (χ3v) is 3.15. The molecule has 0 fully saturated rings. The third kappa shape index (κ3) is 3.27. The molecule has 0 heterocycles. The zero-order chi connectivity index (χ0) is 12.1. The summed E-state index contributed by atoms with van der Waals surface area (Å²) in [5.41, 5.74) is 1.77. The number of carbonyl (C=O) groups excluding carboxylic acids is 1. The van der Waals surface area contributed by atoms with E-state index in [1.807, 2.05) is 66.7 Å². The summed E-state index contributed by atoms with van der Waals surface area (Å²) < 4.78 is 0.722. The van der Waals surface area contributed by atoms with Gasteiger partial charge in [-0.05, 0) is 34.2 Å². The molecule has 17 heavy (non-hydrogen) atoms. The van der Waals surface area contributed by atoms with E-state index in [-0.39, 0.29) is 5.78 Å². The molecule has 1 nitrogen and oxygen atoms in total. The Balaban J connectivity index is 2.24. The van der Waals surface area contributed by atoms with Crippen LogP contribution in [0.3, 0.4) is 0 Å². The van der Waals surface area contributed by atoms with Crippen LogP contribution in [0.5, 0.6) is 0 Å². The summed E-state index contributed by atoms with van der Waals surface area (Å²) in [5.74, 6) is 0.0649. The molecule has 0 aliphatic carbocycles. The SMILES string of the molecule is O=C(/C(I)=C\c1ccccc1)c1ccccc1. The highest BCUT2D eigenvalue weighted by Gasteiger charge is 2.08. The van der Waals surface area contributed by atoms with Gasteiger partial charge in [-0.1, -0.05) is 60.7 Å². The van der Waals surface area contributed by atoms with Gasteiger partial charge in [0, 0.05) is 5.56 Å². The van der Waals surface area contributed by atoms with Gasteiger partial charge in [-0.3, -0.25) is 4.79 Å². The monoisotopic (exact) mass is 334 g/mol. The molecule has 0 unspecified atom stereocenters. The maximum atomic E-state index is 12.1. The number of benzene rings is 2. The van der Waals surface area contributed by atoms with Gasteiger partial charge in [0.15, 0.2) is 5.78 Å². The van der Waals surface area contributed by atoms with E-state index in [1.165, 1.54) is 0 Å². The Morgan fingerprint density at radius 3 is 2.00 bits per heavy atom. The van der Waals surface area contributed by atoms with Crippen LogP contribution in [0.1, 0.15) is 15.9 Å². The fraction of sp³-hybridized carbons (Fsp3) is 0. The van der Waals surface area contributed by atoms with Gasteiger partial charge >= 0.3 is 0 Å². The van der Waals surface area contributed by atoms with E-state index in [2.05, 4.69) is 22.6 Å². The predicted molar refractivity (Wildman–Crippen MR) is 79.2 cm³/mol. The van der Waals surface area contributed by atoms with Crippen LogP contribution >= 0.6 is 22.6 Å². The van der Waals surface area contributed by atoms with Crippen molar-refractivity contribution >= 4 is 34.5 Å². The molecule has 0 radical (unpaired) electrons. The minimum atomic E-state index is 0.0649. The first kappa shape index (κ1) is 12.0. The van der Waals surface area contributed by atoms with Crippen LogP contribution in [0.2, 0.25) is 0 Å². The Hall–Kier alpha value is -1.42. The van der Waals surface area contributed by atoms with Crippen LogP contribution in [0, 0.1) is 0 Å². The number of carbonyl (C=O) groups is 1. The molecule has 84 valence electrons. The van der Waals surface area contributed by atoms with Crippen LogP contribution in [0.4, 0.5) is 0 Å². The highest BCUT2D eigenvalue weighted by atomic mass is 127. The molecular weight excluding hydrogens is 323 g/mol. The van der Waals surface area contributed by atoms with Gasteiger partial charge in [-0.25, -0.2) is 0 Å². The van der Waals surface area contributed by atoms with Crippen molar-refractivity contribution in [2.45, 2.75) is 0 Å². The summed E-state index contributed by atoms with van der Waals surface area (Å²) in [5, 5.41) is 0. The second kappa shape index (κ2) is 5.77. The van der Waals surface area contributed by atoms with E-state index in [9.17, 15) is 4.79 Å². The third-order valence-electron chi connectivity index (χ3n) is 2.35. The van der Waals surface area contributed by atoms with E-state index in [4.69, 9.17) is 0 Å². The van der Waals surface area contributed by atoms with Crippen molar-refractivity contribution in [3.05, 3.63) is 75.4 Å². The van der Waals surface area contributed by atoms with Crippen molar-refractivity contribution in [3.63, 3.8) is 0 Å². The predicted octanol–water partition coefficient (Wildman–Crippen LogP) is 4.35. The number of hydrogen-bond donors (Lipinski definition) is 0. The van der Waals surface area contributed by atoms with Crippen LogP contribution < -0.4 is 0 Å². The normalized spacial score (nSPS) is 11.2. The Morgan fingerprint density at radius 1 is 0.882 bits per heavy atom. The number of Topliss-reactive ketones (excluding diaryl/α,β-unsaturated/α-hetero) is 1. The molecule has 0 aliphatic heterocycles. The van der Waals surface area contributed by atoms with Gasteiger partial charge < -0.3 is 0 Å². The van der Waals surface area contributed by atoms with Gasteiger partial charge in [0.2, 0.25) is 0 Å². The number of hydrogen-bond acceptors (Lipinski definition) is 1. The summed E-state index contributed by atoms with van der Waals surface area (Å²) in [4.78, 5) is 12.1. The highest BCUT2D eigenvalue weighted by Crippen LogP contribution is 2.18. The first-order chi connectivity index (χ1) is 8.27. The van der Waals surface area contributed by atoms with Crippen LogP contribution in [0.25, 0.3) is 6.08 Å². The summed E-state index contributed by atoms with van der Waals surface area (Å²) in [7, 11) is 0. The maximum Gasteiger partial charge on any atom is 0.199 e. The fourth-order valence-corrected chi connectivity index (χ4v) is 2.16. The second-order valence-electron chi connectivity index (χ2n) is 3.60. The van der Waals surface area contributed by atoms with Crippen LogP contribution in [-0.2, 0) is 0 Å². The molecule has 0 N–H and O–H groups in total. The molecule has 2 rings (SSSR count). The van der Waals surface area contributed by atoms with Crippen molar-refractivity contribution in [1.29, 1.82) is 0 Å². The molecule has 0 spiro atoms. The average Bonchev–Trinajstić information content (AvgIpc) is 2.40. The van der Waals surface area contributed by atoms with Crippen molar-refractivity contribution in [1.82, 2.24) is 0 Å². The molecule has 0 atom stereocenters. The van der Waals surface area contributed by atoms with Gasteiger partial charge in [-0.15, -0.1) is 0 Å². The maximum absolute atomic E-state index is 12.1. The van der Waals surface area contributed by atoms with E-state index in [1.54, 1.807) is 0 Å². The average molecular weight is 334 g/mol. The van der Waals surface area contributed by atoms with Gasteiger partial charge in [0.1, 0.15) is 0 Å².